The molecule has 3 aliphatic carbocycles. The van der Waals surface area contributed by atoms with Crippen molar-refractivity contribution in [1.82, 2.24) is 0 Å². The van der Waals surface area contributed by atoms with E-state index in [-0.39, 0.29) is 30.7 Å². The number of hydrogen-bond donors (Lipinski definition) is 0. The van der Waals surface area contributed by atoms with Gasteiger partial charge in [0.05, 0.1) is 4.92 Å². The first-order valence-electron chi connectivity index (χ1n) is 5.84. The molecule has 3 saturated carbocycles. The van der Waals surface area contributed by atoms with Gasteiger partial charge < -0.3 is 0 Å². The van der Waals surface area contributed by atoms with E-state index in [0.717, 1.165) is 0 Å². The lowest BCUT2D eigenvalue weighted by Crippen LogP contribution is -2.67. The number of nitrogens with zero attached hydrogens (tertiary/aromatic N) is 1. The van der Waals surface area contributed by atoms with Gasteiger partial charge in [0.1, 0.15) is 5.67 Å². The van der Waals surface area contributed by atoms with Crippen LogP contribution in [0.2, 0.25) is 0 Å². The van der Waals surface area contributed by atoms with Gasteiger partial charge in [-0.15, -0.1) is 0 Å². The van der Waals surface area contributed by atoms with Gasteiger partial charge in [-0.2, -0.15) is 0 Å². The third kappa shape index (κ3) is 1.33. The fraction of sp³-hybridized carbons (Fsp3) is 0.462. The summed E-state index contributed by atoms with van der Waals surface area (Å²) in [5.41, 5.74) is -0.906. The van der Waals surface area contributed by atoms with E-state index in [9.17, 15) is 19.3 Å². The zero-order chi connectivity index (χ0) is 13.1. The van der Waals surface area contributed by atoms with Gasteiger partial charge in [0, 0.05) is 22.6 Å². The summed E-state index contributed by atoms with van der Waals surface area (Å²) in [7, 11) is 0. The molecule has 0 amide bonds. The van der Waals surface area contributed by atoms with E-state index < -0.39 is 16.0 Å². The molecule has 2 bridgehead atoms. The number of nitro benzene ring substituents is 1. The molecule has 3 aliphatic rings. The summed E-state index contributed by atoms with van der Waals surface area (Å²) >= 11 is 0. The number of nitro groups is 1. The summed E-state index contributed by atoms with van der Waals surface area (Å²) in [5.74, 6) is -0.148. The molecule has 18 heavy (non-hydrogen) atoms. The van der Waals surface area contributed by atoms with Gasteiger partial charge in [-0.05, 0) is 26.2 Å². The minimum absolute atomic E-state index is 0.0533. The molecule has 0 radical (unpaired) electrons. The van der Waals surface area contributed by atoms with Crippen molar-refractivity contribution in [3.05, 3.63) is 39.4 Å². The van der Waals surface area contributed by atoms with E-state index in [1.807, 2.05) is 0 Å². The Balaban J connectivity index is 1.92. The summed E-state index contributed by atoms with van der Waals surface area (Å²) in [6.07, 6.45) is 0.835. The van der Waals surface area contributed by atoms with Crippen LogP contribution in [0.15, 0.2) is 18.2 Å². The van der Waals surface area contributed by atoms with Crippen LogP contribution in [0.1, 0.15) is 35.2 Å². The average molecular weight is 249 g/mol. The normalized spacial score (nSPS) is 32.3. The summed E-state index contributed by atoms with van der Waals surface area (Å²) in [6.45, 7) is 1.63. The lowest BCUT2D eigenvalue weighted by molar-refractivity contribution is -0.385. The molecule has 4 rings (SSSR count). The number of benzene rings is 1. The van der Waals surface area contributed by atoms with Crippen LogP contribution in [0.3, 0.4) is 0 Å². The highest BCUT2D eigenvalue weighted by atomic mass is 19.1. The van der Waals surface area contributed by atoms with Crippen LogP contribution in [-0.2, 0) is 0 Å². The van der Waals surface area contributed by atoms with Crippen molar-refractivity contribution in [3.8, 4) is 0 Å². The van der Waals surface area contributed by atoms with Crippen LogP contribution in [0.25, 0.3) is 0 Å². The Bertz CT molecular complexity index is 562. The van der Waals surface area contributed by atoms with Crippen molar-refractivity contribution in [2.75, 3.05) is 0 Å². The molecular formula is C13H12FNO3. The lowest BCUT2D eigenvalue weighted by atomic mass is 9.40. The molecule has 0 unspecified atom stereocenters. The summed E-state index contributed by atoms with van der Waals surface area (Å²) in [5, 5.41) is 10.8. The van der Waals surface area contributed by atoms with E-state index in [2.05, 4.69) is 0 Å². The Hall–Kier alpha value is -1.78. The summed E-state index contributed by atoms with van der Waals surface area (Å²) < 4.78 is 13.4. The van der Waals surface area contributed by atoms with Crippen molar-refractivity contribution in [2.45, 2.75) is 31.9 Å². The van der Waals surface area contributed by atoms with Gasteiger partial charge in [0.2, 0.25) is 0 Å². The van der Waals surface area contributed by atoms with Gasteiger partial charge in [-0.3, -0.25) is 14.9 Å². The molecule has 0 N–H and O–H groups in total. The maximum absolute atomic E-state index is 13.4. The van der Waals surface area contributed by atoms with Crippen LogP contribution >= 0.6 is 0 Å². The first-order chi connectivity index (χ1) is 8.35. The van der Waals surface area contributed by atoms with E-state index in [0.29, 0.717) is 11.1 Å². The van der Waals surface area contributed by atoms with Crippen molar-refractivity contribution in [2.24, 2.45) is 5.41 Å². The van der Waals surface area contributed by atoms with Gasteiger partial charge in [-0.25, -0.2) is 4.39 Å². The molecule has 0 aliphatic heterocycles. The molecule has 3 fully saturated rings. The highest BCUT2D eigenvalue weighted by Crippen LogP contribution is 2.70. The van der Waals surface area contributed by atoms with Crippen LogP contribution in [-0.4, -0.2) is 16.4 Å². The second-order valence-electron chi connectivity index (χ2n) is 5.55. The number of aryl methyl sites for hydroxylation is 1. The Morgan fingerprint density at radius 1 is 1.39 bits per heavy atom. The SMILES string of the molecule is Cc1ccc(C(=O)C23CC(F)(C2)C3)cc1[N+](=O)[O-]. The van der Waals surface area contributed by atoms with E-state index in [4.69, 9.17) is 0 Å². The third-order valence-corrected chi connectivity index (χ3v) is 4.12. The Morgan fingerprint density at radius 3 is 2.50 bits per heavy atom. The number of alkyl halides is 1. The van der Waals surface area contributed by atoms with E-state index >= 15 is 0 Å². The lowest BCUT2D eigenvalue weighted by Gasteiger charge is -2.64. The smallest absolute Gasteiger partial charge is 0.273 e. The van der Waals surface area contributed by atoms with Crippen LogP contribution < -0.4 is 0 Å². The molecule has 4 nitrogen and oxygen atoms in total. The summed E-state index contributed by atoms with van der Waals surface area (Å²) in [4.78, 5) is 22.6. The molecule has 94 valence electrons. The first-order valence-corrected chi connectivity index (χ1v) is 5.84. The second kappa shape index (κ2) is 3.16. The largest absolute Gasteiger partial charge is 0.294 e. The number of Topliss-reactive ketones (excluding diaryl/α,β-unsaturated/α-hetero) is 1. The average Bonchev–Trinajstić information content (AvgIpc) is 2.23. The Kier molecular flexibility index (Phi) is 1.99. The van der Waals surface area contributed by atoms with Gasteiger partial charge in [-0.1, -0.05) is 12.1 Å². The predicted octanol–water partition coefficient (Wildman–Crippen LogP) is 2.98. The van der Waals surface area contributed by atoms with Crippen molar-refractivity contribution in [1.29, 1.82) is 0 Å². The van der Waals surface area contributed by atoms with Crippen molar-refractivity contribution < 1.29 is 14.1 Å². The quantitative estimate of drug-likeness (QED) is 0.470. The van der Waals surface area contributed by atoms with Gasteiger partial charge in [0.15, 0.2) is 5.78 Å². The molecule has 1 aromatic rings. The van der Waals surface area contributed by atoms with Crippen molar-refractivity contribution >= 4 is 11.5 Å². The topological polar surface area (TPSA) is 60.2 Å². The third-order valence-electron chi connectivity index (χ3n) is 4.12. The summed E-state index contributed by atoms with van der Waals surface area (Å²) in [6, 6.07) is 4.47. The van der Waals surface area contributed by atoms with Crippen molar-refractivity contribution in [3.63, 3.8) is 0 Å². The van der Waals surface area contributed by atoms with Crippen LogP contribution in [0, 0.1) is 22.5 Å². The monoisotopic (exact) mass is 249 g/mol. The molecule has 5 heteroatoms. The van der Waals surface area contributed by atoms with Crippen LogP contribution in [0.5, 0.6) is 0 Å². The minimum Gasteiger partial charge on any atom is -0.294 e. The van der Waals surface area contributed by atoms with E-state index in [1.54, 1.807) is 19.1 Å². The van der Waals surface area contributed by atoms with Gasteiger partial charge in [0.25, 0.3) is 5.69 Å². The number of ketones is 1. The zero-order valence-corrected chi connectivity index (χ0v) is 9.90. The Labute approximate surface area is 103 Å². The fourth-order valence-corrected chi connectivity index (χ4v) is 3.16. The number of halogens is 1. The molecule has 0 atom stereocenters. The number of hydrogen-bond acceptors (Lipinski definition) is 3. The number of carbonyl (C=O) groups is 1. The Morgan fingerprint density at radius 2 is 2.00 bits per heavy atom. The highest BCUT2D eigenvalue weighted by Gasteiger charge is 2.72. The standard InChI is InChI=1S/C13H12FNO3/c1-8-2-3-9(4-10(8)15(17)18)11(16)12-5-13(14,6-12)7-12/h2-4H,5-7H2,1H3. The first kappa shape index (κ1) is 11.3. The maximum atomic E-state index is 13.4. The molecule has 1 aromatic carbocycles. The number of carbonyl (C=O) groups excluding carboxylic acids is 1. The minimum atomic E-state index is -1.13. The predicted molar refractivity (Wildman–Crippen MR) is 62.3 cm³/mol. The molecule has 0 heterocycles. The van der Waals surface area contributed by atoms with Gasteiger partial charge >= 0.3 is 0 Å². The molecular weight excluding hydrogens is 237 g/mol. The molecule has 0 aromatic heterocycles. The highest BCUT2D eigenvalue weighted by molar-refractivity contribution is 6.03. The molecule has 0 saturated heterocycles. The van der Waals surface area contributed by atoms with Crippen LogP contribution in [0.4, 0.5) is 10.1 Å². The number of rotatable bonds is 3. The maximum Gasteiger partial charge on any atom is 0.273 e. The van der Waals surface area contributed by atoms with E-state index in [1.165, 1.54) is 6.07 Å². The second-order valence-corrected chi connectivity index (χ2v) is 5.55. The molecule has 0 spiro atoms. The zero-order valence-electron chi connectivity index (χ0n) is 9.90. The fourth-order valence-electron chi connectivity index (χ4n) is 3.16.